The van der Waals surface area contributed by atoms with E-state index in [-0.39, 0.29) is 19.6 Å². The molecule has 148 valence electrons. The first kappa shape index (κ1) is 19.0. The molecule has 4 N–H and O–H groups in total. The van der Waals surface area contributed by atoms with Crippen LogP contribution in [0.1, 0.15) is 12.0 Å². The highest BCUT2D eigenvalue weighted by molar-refractivity contribution is 9.10. The van der Waals surface area contributed by atoms with Crippen LogP contribution in [0.15, 0.2) is 22.7 Å². The highest BCUT2D eigenvalue weighted by Crippen LogP contribution is 2.53. The van der Waals surface area contributed by atoms with Gasteiger partial charge in [-0.25, -0.2) is 0 Å². The second kappa shape index (κ2) is 6.64. The normalized spacial score (nSPS) is 30.7. The van der Waals surface area contributed by atoms with Crippen molar-refractivity contribution < 1.29 is 23.9 Å². The summed E-state index contributed by atoms with van der Waals surface area (Å²) in [5, 5.41) is 5.93. The molecule has 4 atom stereocenters. The van der Waals surface area contributed by atoms with Crippen LogP contribution in [-0.2, 0) is 29.5 Å². The molecule has 4 amide bonds. The van der Waals surface area contributed by atoms with Gasteiger partial charge in [0.2, 0.25) is 23.6 Å². The quantitative estimate of drug-likeness (QED) is 0.527. The molecule has 2 fully saturated rings. The van der Waals surface area contributed by atoms with Crippen LogP contribution in [0, 0.1) is 11.8 Å². The van der Waals surface area contributed by atoms with Crippen molar-refractivity contribution in [1.29, 1.82) is 0 Å². The fourth-order valence-corrected chi connectivity index (χ4v) is 4.99. The van der Waals surface area contributed by atoms with Gasteiger partial charge >= 0.3 is 0 Å². The molecule has 28 heavy (non-hydrogen) atoms. The van der Waals surface area contributed by atoms with Crippen molar-refractivity contribution >= 4 is 45.2 Å². The second-order valence-corrected chi connectivity index (χ2v) is 8.11. The van der Waals surface area contributed by atoms with E-state index in [1.54, 1.807) is 18.2 Å². The molecule has 1 aromatic carbocycles. The van der Waals surface area contributed by atoms with Crippen LogP contribution in [0.2, 0.25) is 0 Å². The lowest BCUT2D eigenvalue weighted by Crippen LogP contribution is -2.53. The Labute approximate surface area is 169 Å². The molecular weight excluding hydrogens is 432 g/mol. The molecule has 0 unspecified atom stereocenters. The van der Waals surface area contributed by atoms with E-state index < -0.39 is 47.0 Å². The molecule has 10 heteroatoms. The maximum atomic E-state index is 13.2. The molecular formula is C18H19BrN4O5. The highest BCUT2D eigenvalue weighted by Gasteiger charge is 2.70. The number of rotatable bonds is 5. The van der Waals surface area contributed by atoms with Gasteiger partial charge in [-0.3, -0.25) is 29.4 Å². The monoisotopic (exact) mass is 450 g/mol. The second-order valence-electron chi connectivity index (χ2n) is 7.20. The zero-order chi connectivity index (χ0) is 20.2. The Kier molecular flexibility index (Phi) is 4.52. The maximum Gasteiger partial charge on any atom is 0.250 e. The largest absolute Gasteiger partial charge is 0.383 e. The number of primary amides is 1. The van der Waals surface area contributed by atoms with Crippen molar-refractivity contribution in [3.63, 3.8) is 0 Å². The summed E-state index contributed by atoms with van der Waals surface area (Å²) in [7, 11) is 1.48. The van der Waals surface area contributed by atoms with Gasteiger partial charge in [-0.15, -0.1) is 0 Å². The van der Waals surface area contributed by atoms with Gasteiger partial charge in [-0.1, -0.05) is 15.9 Å². The number of methoxy groups -OCH3 is 1. The summed E-state index contributed by atoms with van der Waals surface area (Å²) in [6.45, 7) is 0.277. The lowest BCUT2D eigenvalue weighted by Gasteiger charge is -2.29. The Morgan fingerprint density at radius 1 is 1.32 bits per heavy atom. The fraction of sp³-hybridized carbons (Fsp3) is 0.444. The molecule has 1 aromatic rings. The number of nitrogens with zero attached hydrogens (tertiary/aromatic N) is 1. The molecule has 9 nitrogen and oxygen atoms in total. The van der Waals surface area contributed by atoms with Crippen molar-refractivity contribution in [3.8, 4) is 0 Å². The average Bonchev–Trinajstić information content (AvgIpc) is 3.19. The Balaban J connectivity index is 1.85. The smallest absolute Gasteiger partial charge is 0.250 e. The number of carbonyl (C=O) groups is 4. The number of fused-ring (bicyclic) bond motifs is 4. The molecule has 0 saturated carbocycles. The van der Waals surface area contributed by atoms with Gasteiger partial charge in [-0.2, -0.15) is 0 Å². The number of imide groups is 1. The third-order valence-electron chi connectivity index (χ3n) is 5.71. The SMILES string of the molecule is COCCN1C(=O)[C@H]2[C@@H](C1=O)[C@]1(N[C@@H]2CC(N)=O)C(=O)Nc2ccc(Br)cc21. The number of nitrogens with two attached hydrogens (primary N) is 1. The van der Waals surface area contributed by atoms with Crippen LogP contribution >= 0.6 is 15.9 Å². The summed E-state index contributed by atoms with van der Waals surface area (Å²) in [4.78, 5) is 52.1. The molecule has 1 spiro atoms. The molecule has 0 radical (unpaired) electrons. The first-order chi connectivity index (χ1) is 13.3. The highest BCUT2D eigenvalue weighted by atomic mass is 79.9. The van der Waals surface area contributed by atoms with Crippen molar-refractivity contribution in [2.75, 3.05) is 25.6 Å². The van der Waals surface area contributed by atoms with Crippen molar-refractivity contribution in [1.82, 2.24) is 10.2 Å². The fourth-order valence-electron chi connectivity index (χ4n) is 4.63. The number of amides is 4. The minimum absolute atomic E-state index is 0.0908. The summed E-state index contributed by atoms with van der Waals surface area (Å²) < 4.78 is 5.73. The van der Waals surface area contributed by atoms with E-state index in [4.69, 9.17) is 10.5 Å². The van der Waals surface area contributed by atoms with E-state index in [1.807, 2.05) is 0 Å². The molecule has 2 saturated heterocycles. The van der Waals surface area contributed by atoms with E-state index in [2.05, 4.69) is 26.6 Å². The Hall–Kier alpha value is -2.30. The average molecular weight is 451 g/mol. The zero-order valence-corrected chi connectivity index (χ0v) is 16.6. The zero-order valence-electron chi connectivity index (χ0n) is 15.0. The third-order valence-corrected chi connectivity index (χ3v) is 6.20. The van der Waals surface area contributed by atoms with Crippen LogP contribution in [0.25, 0.3) is 0 Å². The molecule has 0 aliphatic carbocycles. The van der Waals surface area contributed by atoms with Gasteiger partial charge in [0, 0.05) is 35.3 Å². The third kappa shape index (κ3) is 2.51. The molecule has 0 bridgehead atoms. The van der Waals surface area contributed by atoms with Crippen molar-refractivity contribution in [2.45, 2.75) is 18.0 Å². The van der Waals surface area contributed by atoms with E-state index in [0.29, 0.717) is 11.3 Å². The van der Waals surface area contributed by atoms with Gasteiger partial charge < -0.3 is 15.8 Å². The number of hydrogen-bond acceptors (Lipinski definition) is 6. The van der Waals surface area contributed by atoms with Crippen LogP contribution in [0.5, 0.6) is 0 Å². The number of halogens is 1. The minimum atomic E-state index is -1.43. The molecule has 3 aliphatic heterocycles. The number of benzene rings is 1. The van der Waals surface area contributed by atoms with Gasteiger partial charge in [-0.05, 0) is 18.2 Å². The van der Waals surface area contributed by atoms with Gasteiger partial charge in [0.1, 0.15) is 5.54 Å². The lowest BCUT2D eigenvalue weighted by atomic mass is 9.76. The Morgan fingerprint density at radius 2 is 2.07 bits per heavy atom. The molecule has 0 aromatic heterocycles. The van der Waals surface area contributed by atoms with Crippen LogP contribution < -0.4 is 16.4 Å². The lowest BCUT2D eigenvalue weighted by molar-refractivity contribution is -0.143. The van der Waals surface area contributed by atoms with E-state index >= 15 is 0 Å². The minimum Gasteiger partial charge on any atom is -0.383 e. The summed E-state index contributed by atoms with van der Waals surface area (Å²) >= 11 is 3.40. The van der Waals surface area contributed by atoms with E-state index in [1.165, 1.54) is 7.11 Å². The number of anilines is 1. The first-order valence-electron chi connectivity index (χ1n) is 8.83. The maximum absolute atomic E-state index is 13.2. The number of hydrogen-bond donors (Lipinski definition) is 3. The number of likely N-dealkylation sites (tertiary alicyclic amines) is 1. The molecule has 4 rings (SSSR count). The number of nitrogens with one attached hydrogen (secondary N) is 2. The topological polar surface area (TPSA) is 131 Å². The molecule has 3 heterocycles. The van der Waals surface area contributed by atoms with Crippen molar-refractivity contribution in [3.05, 3.63) is 28.2 Å². The Bertz CT molecular complexity index is 906. The number of carbonyl (C=O) groups excluding carboxylic acids is 4. The van der Waals surface area contributed by atoms with Crippen LogP contribution in [-0.4, -0.2) is 54.8 Å². The van der Waals surface area contributed by atoms with Crippen LogP contribution in [0.4, 0.5) is 5.69 Å². The summed E-state index contributed by atoms with van der Waals surface area (Å²) in [6.07, 6.45) is -0.156. The van der Waals surface area contributed by atoms with E-state index in [9.17, 15) is 19.2 Å². The van der Waals surface area contributed by atoms with Gasteiger partial charge in [0.15, 0.2) is 0 Å². The Morgan fingerprint density at radius 3 is 2.75 bits per heavy atom. The number of ether oxygens (including phenoxy) is 1. The van der Waals surface area contributed by atoms with Crippen molar-refractivity contribution in [2.24, 2.45) is 17.6 Å². The first-order valence-corrected chi connectivity index (χ1v) is 9.62. The predicted octanol–water partition coefficient (Wildman–Crippen LogP) is -0.309. The van der Waals surface area contributed by atoms with Crippen LogP contribution in [0.3, 0.4) is 0 Å². The standard InChI is InChI=1S/C18H19BrN4O5/c1-28-5-4-23-15(25)13-11(7-12(20)24)22-18(14(13)16(23)26)9-6-8(19)2-3-10(9)21-17(18)27/h2-3,6,11,13-14,22H,4-5,7H2,1H3,(H2,20,24)(H,21,27)/t11-,13-,14+,18+/m1/s1. The van der Waals surface area contributed by atoms with E-state index in [0.717, 1.165) is 9.37 Å². The predicted molar refractivity (Wildman–Crippen MR) is 101 cm³/mol. The van der Waals surface area contributed by atoms with Gasteiger partial charge in [0.25, 0.3) is 0 Å². The summed E-state index contributed by atoms with van der Waals surface area (Å²) in [5.41, 5.74) is 5.08. The summed E-state index contributed by atoms with van der Waals surface area (Å²) in [6, 6.07) is 4.54. The summed E-state index contributed by atoms with van der Waals surface area (Å²) in [5.74, 6) is -3.72. The van der Waals surface area contributed by atoms with Gasteiger partial charge in [0.05, 0.1) is 25.0 Å². The molecule has 3 aliphatic rings.